The van der Waals surface area contributed by atoms with Crippen LogP contribution in [-0.2, 0) is 12.8 Å². The minimum Gasteiger partial charge on any atom is -0.384 e. The highest BCUT2D eigenvalue weighted by atomic mass is 15.2. The summed E-state index contributed by atoms with van der Waals surface area (Å²) in [6.07, 6.45) is 3.78. The molecule has 5 nitrogen and oxygen atoms in total. The van der Waals surface area contributed by atoms with Crippen LogP contribution in [0.25, 0.3) is 11.1 Å². The number of amidine groups is 2. The summed E-state index contributed by atoms with van der Waals surface area (Å²) in [5.74, 6) is 2.12. The van der Waals surface area contributed by atoms with Gasteiger partial charge in [-0.15, -0.1) is 0 Å². The van der Waals surface area contributed by atoms with Gasteiger partial charge in [0, 0.05) is 34.6 Å². The summed E-state index contributed by atoms with van der Waals surface area (Å²) in [7, 11) is 0. The van der Waals surface area contributed by atoms with E-state index in [4.69, 9.17) is 16.5 Å². The molecule has 0 amide bonds. The van der Waals surface area contributed by atoms with Crippen molar-refractivity contribution in [1.82, 2.24) is 0 Å². The van der Waals surface area contributed by atoms with Gasteiger partial charge in [-0.25, -0.2) is 9.98 Å². The monoisotopic (exact) mass is 531 g/mol. The SMILES string of the molecule is C=C(N)/N=C(\N)c1ccccc1-c1ccc(CC2=C(CCC)N=C(C)N(c3ccc(CC(C)C)cc3)C2=C)cc1. The zero-order valence-corrected chi connectivity index (χ0v) is 24.2. The van der Waals surface area contributed by atoms with Gasteiger partial charge >= 0.3 is 0 Å². The third-order valence-electron chi connectivity index (χ3n) is 7.03. The van der Waals surface area contributed by atoms with Gasteiger partial charge in [0.1, 0.15) is 17.5 Å². The first-order valence-electron chi connectivity index (χ1n) is 14.0. The molecule has 0 saturated carbocycles. The minimum atomic E-state index is 0.185. The second kappa shape index (κ2) is 12.6. The molecule has 0 unspecified atom stereocenters. The highest BCUT2D eigenvalue weighted by Gasteiger charge is 2.25. The summed E-state index contributed by atoms with van der Waals surface area (Å²) in [6, 6.07) is 25.3. The Balaban J connectivity index is 1.62. The van der Waals surface area contributed by atoms with Gasteiger partial charge in [-0.05, 0) is 60.1 Å². The van der Waals surface area contributed by atoms with Crippen LogP contribution in [0.4, 0.5) is 5.69 Å². The van der Waals surface area contributed by atoms with Crippen molar-refractivity contribution < 1.29 is 0 Å². The minimum absolute atomic E-state index is 0.185. The summed E-state index contributed by atoms with van der Waals surface area (Å²) in [5, 5.41) is 0. The highest BCUT2D eigenvalue weighted by Crippen LogP contribution is 2.34. The van der Waals surface area contributed by atoms with Crippen molar-refractivity contribution >= 4 is 17.4 Å². The van der Waals surface area contributed by atoms with Crippen molar-refractivity contribution in [3.05, 3.63) is 125 Å². The van der Waals surface area contributed by atoms with Gasteiger partial charge in [0.05, 0.1) is 0 Å². The molecule has 0 aromatic heterocycles. The summed E-state index contributed by atoms with van der Waals surface area (Å²) >= 11 is 0. The molecule has 4 rings (SSSR count). The second-order valence-corrected chi connectivity index (χ2v) is 10.8. The lowest BCUT2D eigenvalue weighted by Gasteiger charge is -2.33. The quantitative estimate of drug-likeness (QED) is 0.207. The number of allylic oxidation sites excluding steroid dienone is 2. The Hall–Kier alpha value is -4.38. The van der Waals surface area contributed by atoms with Gasteiger partial charge in [-0.2, -0.15) is 0 Å². The molecule has 206 valence electrons. The molecule has 0 saturated heterocycles. The van der Waals surface area contributed by atoms with Crippen molar-refractivity contribution in [1.29, 1.82) is 0 Å². The Morgan fingerprint density at radius 1 is 0.950 bits per heavy atom. The van der Waals surface area contributed by atoms with Crippen LogP contribution >= 0.6 is 0 Å². The standard InChI is InChI=1S/C35H41N5/c1-7-10-34-33(24(4)40(26(6)39-34)30-19-15-27(16-20-30)21-23(2)3)22-28-13-17-29(18-14-28)31-11-8-9-12-32(31)35(37)38-25(5)36/h8-9,11-20,23H,4-5,7,10,21-22,36H2,1-3,6H3,(H2,37,38). The van der Waals surface area contributed by atoms with Crippen LogP contribution < -0.4 is 16.4 Å². The van der Waals surface area contributed by atoms with E-state index in [1.165, 1.54) is 16.7 Å². The first-order valence-corrected chi connectivity index (χ1v) is 14.0. The molecule has 4 N–H and O–H groups in total. The zero-order valence-electron chi connectivity index (χ0n) is 24.2. The number of rotatable bonds is 10. The number of anilines is 1. The van der Waals surface area contributed by atoms with Crippen LogP contribution in [0.3, 0.4) is 0 Å². The van der Waals surface area contributed by atoms with E-state index in [2.05, 4.69) is 99.3 Å². The van der Waals surface area contributed by atoms with Crippen molar-refractivity contribution in [2.24, 2.45) is 27.4 Å². The van der Waals surface area contributed by atoms with E-state index in [-0.39, 0.29) is 5.82 Å². The van der Waals surface area contributed by atoms with Crippen molar-refractivity contribution in [2.45, 2.75) is 53.4 Å². The van der Waals surface area contributed by atoms with E-state index < -0.39 is 0 Å². The van der Waals surface area contributed by atoms with Gasteiger partial charge < -0.3 is 11.5 Å². The predicted octanol–water partition coefficient (Wildman–Crippen LogP) is 7.74. The fourth-order valence-electron chi connectivity index (χ4n) is 5.23. The summed E-state index contributed by atoms with van der Waals surface area (Å²) < 4.78 is 0. The predicted molar refractivity (Wildman–Crippen MR) is 171 cm³/mol. The number of nitrogens with zero attached hydrogens (tertiary/aromatic N) is 3. The molecule has 0 bridgehead atoms. The van der Waals surface area contributed by atoms with Crippen LogP contribution in [0.15, 0.2) is 119 Å². The van der Waals surface area contributed by atoms with E-state index in [1.54, 1.807) is 0 Å². The van der Waals surface area contributed by atoms with Gasteiger partial charge in [0.15, 0.2) is 0 Å². The maximum Gasteiger partial charge on any atom is 0.133 e. The maximum atomic E-state index is 6.22. The third-order valence-corrected chi connectivity index (χ3v) is 7.03. The van der Waals surface area contributed by atoms with Crippen molar-refractivity contribution in [2.75, 3.05) is 4.90 Å². The first kappa shape index (κ1) is 28.6. The fraction of sp³-hybridized carbons (Fsp3) is 0.257. The van der Waals surface area contributed by atoms with Gasteiger partial charge in [0.2, 0.25) is 0 Å². The lowest BCUT2D eigenvalue weighted by atomic mass is 9.94. The molecular weight excluding hydrogens is 490 g/mol. The largest absolute Gasteiger partial charge is 0.384 e. The Kier molecular flexibility index (Phi) is 9.05. The van der Waals surface area contributed by atoms with E-state index in [0.717, 1.165) is 65.3 Å². The molecule has 1 aliphatic rings. The Morgan fingerprint density at radius 2 is 1.60 bits per heavy atom. The number of hydrogen-bond donors (Lipinski definition) is 2. The fourth-order valence-corrected chi connectivity index (χ4v) is 5.23. The van der Waals surface area contributed by atoms with Crippen LogP contribution in [0, 0.1) is 5.92 Å². The Labute approximate surface area is 239 Å². The normalized spacial score (nSPS) is 14.1. The molecule has 0 fully saturated rings. The topological polar surface area (TPSA) is 80.0 Å². The second-order valence-electron chi connectivity index (χ2n) is 10.8. The highest BCUT2D eigenvalue weighted by molar-refractivity contribution is 6.04. The number of nitrogens with two attached hydrogens (primary N) is 2. The van der Waals surface area contributed by atoms with Crippen LogP contribution in [0.5, 0.6) is 0 Å². The van der Waals surface area contributed by atoms with Crippen LogP contribution in [-0.4, -0.2) is 11.7 Å². The van der Waals surface area contributed by atoms with E-state index >= 15 is 0 Å². The molecule has 3 aromatic rings. The average molecular weight is 532 g/mol. The molecule has 3 aromatic carbocycles. The molecule has 0 atom stereocenters. The summed E-state index contributed by atoms with van der Waals surface area (Å²) in [6.45, 7) is 17.0. The molecule has 40 heavy (non-hydrogen) atoms. The average Bonchev–Trinajstić information content (AvgIpc) is 2.91. The zero-order chi connectivity index (χ0) is 28.8. The van der Waals surface area contributed by atoms with Gasteiger partial charge in [-0.3, -0.25) is 4.90 Å². The Bertz CT molecular complexity index is 1470. The molecule has 1 aliphatic heterocycles. The maximum absolute atomic E-state index is 6.22. The molecule has 0 radical (unpaired) electrons. The number of aliphatic imine (C=N–C) groups is 2. The molecule has 5 heteroatoms. The molecule has 1 heterocycles. The van der Waals surface area contributed by atoms with E-state index in [9.17, 15) is 0 Å². The lowest BCUT2D eigenvalue weighted by Crippen LogP contribution is -2.32. The van der Waals surface area contributed by atoms with Gasteiger partial charge in [-0.1, -0.05) is 101 Å². The summed E-state index contributed by atoms with van der Waals surface area (Å²) in [4.78, 5) is 11.4. The third kappa shape index (κ3) is 6.60. The molecule has 0 spiro atoms. The van der Waals surface area contributed by atoms with Crippen molar-refractivity contribution in [3.63, 3.8) is 0 Å². The molecule has 0 aliphatic carbocycles. The summed E-state index contributed by atoms with van der Waals surface area (Å²) in [5.41, 5.74) is 21.7. The first-order chi connectivity index (χ1) is 19.2. The lowest BCUT2D eigenvalue weighted by molar-refractivity contribution is 0.647. The van der Waals surface area contributed by atoms with E-state index in [0.29, 0.717) is 11.8 Å². The smallest absolute Gasteiger partial charge is 0.133 e. The van der Waals surface area contributed by atoms with Crippen LogP contribution in [0.2, 0.25) is 0 Å². The van der Waals surface area contributed by atoms with Crippen LogP contribution in [0.1, 0.15) is 57.2 Å². The van der Waals surface area contributed by atoms with Crippen molar-refractivity contribution in [3.8, 4) is 11.1 Å². The number of benzene rings is 3. The Morgan fingerprint density at radius 3 is 2.23 bits per heavy atom. The van der Waals surface area contributed by atoms with Gasteiger partial charge in [0.25, 0.3) is 0 Å². The molecular formula is C35H41N5. The van der Waals surface area contributed by atoms with E-state index in [1.807, 2.05) is 24.3 Å². The number of hydrogen-bond acceptors (Lipinski definition) is 4.